The topological polar surface area (TPSA) is 17.8 Å². The van der Waals surface area contributed by atoms with Crippen molar-refractivity contribution < 1.29 is 12.9 Å². The van der Waals surface area contributed by atoms with Crippen LogP contribution in [0.5, 0.6) is 0 Å². The van der Waals surface area contributed by atoms with Gasteiger partial charge in [0, 0.05) is 12.2 Å². The fraction of sp³-hybridized carbons (Fsp3) is 0.571. The van der Waals surface area contributed by atoms with Gasteiger partial charge >= 0.3 is 6.98 Å². The zero-order valence-corrected chi connectivity index (χ0v) is 7.76. The molecule has 0 atom stereocenters. The molecule has 1 aromatic heterocycles. The van der Waals surface area contributed by atoms with E-state index >= 15 is 0 Å². The van der Waals surface area contributed by atoms with Gasteiger partial charge in [0.25, 0.3) is 0 Å². The zero-order chi connectivity index (χ0) is 10.2. The summed E-state index contributed by atoms with van der Waals surface area (Å²) in [5, 5.41) is 0. The Morgan fingerprint density at radius 3 is 2.23 bits per heavy atom. The summed E-state index contributed by atoms with van der Waals surface area (Å²) >= 11 is 0. The Balaban J connectivity index is 3.23. The minimum Gasteiger partial charge on any atom is -0.444 e. The van der Waals surface area contributed by atoms with Gasteiger partial charge in [0.1, 0.15) is 5.82 Å². The summed E-state index contributed by atoms with van der Waals surface area (Å²) in [6, 6.07) is -0.207. The molecule has 74 valence electrons. The highest BCUT2D eigenvalue weighted by molar-refractivity contribution is 6.72. The Labute approximate surface area is 74.8 Å². The van der Waals surface area contributed by atoms with Crippen LogP contribution < -0.4 is 5.59 Å². The third-order valence-corrected chi connectivity index (χ3v) is 1.86. The van der Waals surface area contributed by atoms with Crippen molar-refractivity contribution in [3.05, 3.63) is 12.0 Å². The quantitative estimate of drug-likeness (QED) is 0.652. The smallest absolute Gasteiger partial charge is 0.444 e. The van der Waals surface area contributed by atoms with Crippen LogP contribution in [0.4, 0.5) is 12.9 Å². The Kier molecular flexibility index (Phi) is 2.41. The lowest BCUT2D eigenvalue weighted by atomic mass is 9.86. The molecule has 0 unspecified atom stereocenters. The van der Waals surface area contributed by atoms with E-state index in [4.69, 9.17) is 0 Å². The molecule has 0 bridgehead atoms. The van der Waals surface area contributed by atoms with Crippen molar-refractivity contribution in [1.82, 2.24) is 9.55 Å². The molecule has 0 N–H and O–H groups in total. The third kappa shape index (κ3) is 1.87. The summed E-state index contributed by atoms with van der Waals surface area (Å²) in [6.45, 7) is 0.0450. The molecule has 0 fully saturated rings. The van der Waals surface area contributed by atoms with E-state index in [1.807, 2.05) is 0 Å². The zero-order valence-electron chi connectivity index (χ0n) is 7.76. The summed E-state index contributed by atoms with van der Waals surface area (Å²) in [5.74, 6) is 0.407. The van der Waals surface area contributed by atoms with Crippen LogP contribution in [0.2, 0.25) is 0 Å². The lowest BCUT2D eigenvalue weighted by Gasteiger charge is -2.21. The highest BCUT2D eigenvalue weighted by Crippen LogP contribution is 2.13. The number of aromatic nitrogens is 2. The first-order valence-electron chi connectivity index (χ1n) is 4.07. The minimum atomic E-state index is -4.95. The second kappa shape index (κ2) is 3.08. The summed E-state index contributed by atoms with van der Waals surface area (Å²) < 4.78 is 38.5. The number of halogens is 3. The normalized spacial score (nSPS) is 12.5. The summed E-state index contributed by atoms with van der Waals surface area (Å²) in [7, 11) is 0. The molecule has 1 rings (SSSR count). The highest BCUT2D eigenvalue weighted by Gasteiger charge is 2.31. The first-order valence-corrected chi connectivity index (χ1v) is 4.07. The molecule has 1 aromatic rings. The molecule has 0 aliphatic rings. The lowest BCUT2D eigenvalue weighted by Crippen LogP contribution is -2.40. The van der Waals surface area contributed by atoms with Crippen molar-refractivity contribution in [2.75, 3.05) is 0 Å². The largest absolute Gasteiger partial charge is 0.527 e. The monoisotopic (exact) mass is 191 g/mol. The first-order chi connectivity index (χ1) is 5.84. The highest BCUT2D eigenvalue weighted by atomic mass is 19.4. The minimum absolute atomic E-state index is 0.207. The van der Waals surface area contributed by atoms with E-state index in [9.17, 15) is 12.9 Å². The summed E-state index contributed by atoms with van der Waals surface area (Å²) in [5.41, 5.74) is -0.618. The second-order valence-electron chi connectivity index (χ2n) is 3.27. The number of nitrogens with zero attached hydrogens (tertiary/aromatic N) is 2. The molecule has 1 heterocycles. The van der Waals surface area contributed by atoms with Gasteiger partial charge in [-0.1, -0.05) is 0 Å². The number of hydrogen-bond acceptors (Lipinski definition) is 1. The molecule has 0 aliphatic heterocycles. The third-order valence-electron chi connectivity index (χ3n) is 1.86. The van der Waals surface area contributed by atoms with Crippen molar-refractivity contribution in [3.8, 4) is 0 Å². The summed E-state index contributed by atoms with van der Waals surface area (Å²) in [4.78, 5) is 3.66. The van der Waals surface area contributed by atoms with Gasteiger partial charge < -0.3 is 17.5 Å². The molecule has 0 aliphatic carbocycles. The van der Waals surface area contributed by atoms with E-state index in [-0.39, 0.29) is 6.04 Å². The van der Waals surface area contributed by atoms with Crippen molar-refractivity contribution in [3.63, 3.8) is 0 Å². The van der Waals surface area contributed by atoms with Gasteiger partial charge in [0.15, 0.2) is 0 Å². The lowest BCUT2D eigenvalue weighted by molar-refractivity contribution is 0.484. The molecule has 2 nitrogen and oxygen atoms in total. The van der Waals surface area contributed by atoms with Crippen molar-refractivity contribution >= 4 is 12.6 Å². The molecule has 6 heteroatoms. The predicted molar refractivity (Wildman–Crippen MR) is 46.1 cm³/mol. The molecular weight excluding hydrogens is 180 g/mol. The van der Waals surface area contributed by atoms with Gasteiger partial charge in [-0.2, -0.15) is 0 Å². The standard InChI is InChI=1S/C7H11BF3N2/c1-5(2)13-6(3)12-4-7(13)8(9,10)11/h4-5H,1-3H3/q-1. The number of aryl methyl sites for hydroxylation is 1. The fourth-order valence-corrected chi connectivity index (χ4v) is 1.38. The van der Waals surface area contributed by atoms with E-state index in [1.165, 1.54) is 4.57 Å². The predicted octanol–water partition coefficient (Wildman–Crippen LogP) is 1.83. The van der Waals surface area contributed by atoms with Crippen LogP contribution in [0.3, 0.4) is 0 Å². The average molecular weight is 191 g/mol. The molecule has 13 heavy (non-hydrogen) atoms. The van der Waals surface area contributed by atoms with Gasteiger partial charge in [-0.05, 0) is 26.4 Å². The van der Waals surface area contributed by atoms with E-state index in [0.29, 0.717) is 5.82 Å². The molecular formula is C7H11BF3N2-. The van der Waals surface area contributed by atoms with Crippen molar-refractivity contribution in [2.45, 2.75) is 26.8 Å². The Morgan fingerprint density at radius 2 is 1.92 bits per heavy atom. The maximum Gasteiger partial charge on any atom is 0.527 e. The molecule has 0 amide bonds. The molecule has 0 aromatic carbocycles. The average Bonchev–Trinajstić information content (AvgIpc) is 2.28. The van der Waals surface area contributed by atoms with Crippen LogP contribution in [-0.4, -0.2) is 16.5 Å². The fourth-order valence-electron chi connectivity index (χ4n) is 1.38. The second-order valence-corrected chi connectivity index (χ2v) is 3.27. The van der Waals surface area contributed by atoms with Crippen LogP contribution in [-0.2, 0) is 0 Å². The van der Waals surface area contributed by atoms with Gasteiger partial charge in [-0.25, -0.2) is 4.98 Å². The number of imidazole rings is 1. The molecule has 0 spiro atoms. The molecule has 0 radical (unpaired) electrons. The summed E-state index contributed by atoms with van der Waals surface area (Å²) in [6.07, 6.45) is 0.898. The van der Waals surface area contributed by atoms with Crippen molar-refractivity contribution in [1.29, 1.82) is 0 Å². The van der Waals surface area contributed by atoms with Crippen LogP contribution in [0.25, 0.3) is 0 Å². The Morgan fingerprint density at radius 1 is 1.38 bits per heavy atom. The van der Waals surface area contributed by atoms with E-state index in [1.54, 1.807) is 20.8 Å². The number of rotatable bonds is 2. The maximum atomic E-state index is 12.4. The first kappa shape index (κ1) is 10.1. The maximum absolute atomic E-state index is 12.4. The van der Waals surface area contributed by atoms with Crippen LogP contribution >= 0.6 is 0 Å². The Bertz CT molecular complexity index is 303. The SMILES string of the molecule is Cc1ncc([B-](F)(F)F)n1C(C)C. The van der Waals surface area contributed by atoms with Gasteiger partial charge in [0.2, 0.25) is 0 Å². The number of hydrogen-bond donors (Lipinski definition) is 0. The van der Waals surface area contributed by atoms with E-state index < -0.39 is 12.6 Å². The molecule has 0 saturated carbocycles. The van der Waals surface area contributed by atoms with Crippen molar-refractivity contribution in [2.24, 2.45) is 0 Å². The van der Waals surface area contributed by atoms with E-state index in [2.05, 4.69) is 4.98 Å². The Hall–Kier alpha value is -0.935. The van der Waals surface area contributed by atoms with Gasteiger partial charge in [-0.3, -0.25) is 0 Å². The van der Waals surface area contributed by atoms with Gasteiger partial charge in [-0.15, -0.1) is 0 Å². The van der Waals surface area contributed by atoms with Crippen LogP contribution in [0.1, 0.15) is 25.7 Å². The van der Waals surface area contributed by atoms with E-state index in [0.717, 1.165) is 6.20 Å². The van der Waals surface area contributed by atoms with Crippen LogP contribution in [0.15, 0.2) is 6.20 Å². The molecule has 0 saturated heterocycles. The van der Waals surface area contributed by atoms with Gasteiger partial charge in [0.05, 0.1) is 0 Å². The van der Waals surface area contributed by atoms with Crippen LogP contribution in [0, 0.1) is 6.92 Å².